The number of hydrogen-bond acceptors (Lipinski definition) is 5. The van der Waals surface area contributed by atoms with Crippen molar-refractivity contribution in [2.45, 2.75) is 12.6 Å². The van der Waals surface area contributed by atoms with Crippen molar-refractivity contribution >= 4 is 5.65 Å². The molecule has 0 amide bonds. The Kier molecular flexibility index (Phi) is 5.21. The summed E-state index contributed by atoms with van der Waals surface area (Å²) in [5.74, 6) is 0.861. The molecule has 1 aliphatic rings. The SMILES string of the molecule is COc1ccc(-c2cccc3nc([C@@H]4CN(Cc5cnn(C)c5)CCN4C)cn23)cc1. The van der Waals surface area contributed by atoms with Crippen molar-refractivity contribution in [1.82, 2.24) is 29.0 Å². The first-order chi connectivity index (χ1) is 15.1. The van der Waals surface area contributed by atoms with E-state index >= 15 is 0 Å². The van der Waals surface area contributed by atoms with Gasteiger partial charge in [0.1, 0.15) is 11.4 Å². The number of imidazole rings is 1. The van der Waals surface area contributed by atoms with Crippen LogP contribution in [-0.2, 0) is 13.6 Å². The molecular weight excluding hydrogens is 388 g/mol. The molecule has 7 nitrogen and oxygen atoms in total. The zero-order chi connectivity index (χ0) is 21.4. The van der Waals surface area contributed by atoms with Gasteiger partial charge in [0.2, 0.25) is 0 Å². The van der Waals surface area contributed by atoms with E-state index in [0.29, 0.717) is 0 Å². The first kappa shape index (κ1) is 19.8. The van der Waals surface area contributed by atoms with Crippen LogP contribution in [0.25, 0.3) is 16.9 Å². The van der Waals surface area contributed by atoms with Crippen LogP contribution in [0.5, 0.6) is 5.75 Å². The number of piperazine rings is 1. The molecule has 4 heterocycles. The quantitative estimate of drug-likeness (QED) is 0.500. The maximum Gasteiger partial charge on any atom is 0.137 e. The Bertz CT molecular complexity index is 1180. The highest BCUT2D eigenvalue weighted by Gasteiger charge is 2.28. The maximum absolute atomic E-state index is 5.31. The molecule has 0 aliphatic carbocycles. The number of fused-ring (bicyclic) bond motifs is 1. The van der Waals surface area contributed by atoms with E-state index in [1.54, 1.807) is 7.11 Å². The van der Waals surface area contributed by atoms with Crippen LogP contribution in [0.4, 0.5) is 0 Å². The number of methoxy groups -OCH3 is 1. The van der Waals surface area contributed by atoms with Crippen molar-refractivity contribution in [1.29, 1.82) is 0 Å². The molecule has 3 aromatic heterocycles. The monoisotopic (exact) mass is 416 g/mol. The minimum Gasteiger partial charge on any atom is -0.497 e. The van der Waals surface area contributed by atoms with Crippen molar-refractivity contribution in [2.75, 3.05) is 33.8 Å². The molecule has 0 radical (unpaired) electrons. The van der Waals surface area contributed by atoms with Gasteiger partial charge in [-0.15, -0.1) is 0 Å². The molecule has 0 saturated carbocycles. The molecular formula is C24H28N6O. The van der Waals surface area contributed by atoms with E-state index in [0.717, 1.165) is 54.5 Å². The lowest BCUT2D eigenvalue weighted by atomic mass is 10.1. The highest BCUT2D eigenvalue weighted by atomic mass is 16.5. The van der Waals surface area contributed by atoms with Gasteiger partial charge in [0.25, 0.3) is 0 Å². The molecule has 0 N–H and O–H groups in total. The average molecular weight is 417 g/mol. The van der Waals surface area contributed by atoms with Crippen molar-refractivity contribution in [2.24, 2.45) is 7.05 Å². The number of aromatic nitrogens is 4. The van der Waals surface area contributed by atoms with E-state index < -0.39 is 0 Å². The molecule has 0 unspecified atom stereocenters. The van der Waals surface area contributed by atoms with Crippen molar-refractivity contribution in [3.05, 3.63) is 72.3 Å². The highest BCUT2D eigenvalue weighted by molar-refractivity contribution is 5.64. The summed E-state index contributed by atoms with van der Waals surface area (Å²) < 4.78 is 9.37. The minimum absolute atomic E-state index is 0.258. The third kappa shape index (κ3) is 3.94. The standard InChI is InChI=1S/C24H28N6O/c1-27-11-12-29(15-18-13-25-28(2)14-18)17-23(27)21-16-30-22(5-4-6-24(30)26-21)19-7-9-20(31-3)10-8-19/h4-10,13-14,16,23H,11-12,15,17H2,1-3H3/t23-/m0/s1. The number of pyridine rings is 1. The van der Waals surface area contributed by atoms with Gasteiger partial charge in [0, 0.05) is 51.2 Å². The van der Waals surface area contributed by atoms with Gasteiger partial charge in [-0.2, -0.15) is 5.10 Å². The van der Waals surface area contributed by atoms with Gasteiger partial charge < -0.3 is 4.74 Å². The second kappa shape index (κ2) is 8.17. The van der Waals surface area contributed by atoms with Gasteiger partial charge in [-0.25, -0.2) is 4.98 Å². The van der Waals surface area contributed by atoms with E-state index in [2.05, 4.69) is 69.1 Å². The molecule has 160 valence electrons. The molecule has 0 spiro atoms. The highest BCUT2D eigenvalue weighted by Crippen LogP contribution is 2.28. The van der Waals surface area contributed by atoms with E-state index in [-0.39, 0.29) is 6.04 Å². The van der Waals surface area contributed by atoms with Gasteiger partial charge >= 0.3 is 0 Å². The molecule has 1 aromatic carbocycles. The number of benzene rings is 1. The molecule has 7 heteroatoms. The smallest absolute Gasteiger partial charge is 0.137 e. The summed E-state index contributed by atoms with van der Waals surface area (Å²) >= 11 is 0. The Morgan fingerprint density at radius 3 is 2.61 bits per heavy atom. The molecule has 1 aliphatic heterocycles. The summed E-state index contributed by atoms with van der Waals surface area (Å²) in [6.45, 7) is 3.94. The number of nitrogens with zero attached hydrogens (tertiary/aromatic N) is 6. The molecule has 1 atom stereocenters. The average Bonchev–Trinajstić information content (AvgIpc) is 3.41. The third-order valence-electron chi connectivity index (χ3n) is 6.13. The zero-order valence-corrected chi connectivity index (χ0v) is 18.3. The molecule has 5 rings (SSSR count). The molecule has 1 saturated heterocycles. The van der Waals surface area contributed by atoms with E-state index in [1.165, 1.54) is 5.56 Å². The van der Waals surface area contributed by atoms with E-state index in [1.807, 2.05) is 30.1 Å². The normalized spacial score (nSPS) is 18.0. The van der Waals surface area contributed by atoms with Crippen LogP contribution in [0.2, 0.25) is 0 Å². The van der Waals surface area contributed by atoms with Crippen LogP contribution in [-0.4, -0.2) is 62.8 Å². The van der Waals surface area contributed by atoms with Crippen LogP contribution in [0, 0.1) is 0 Å². The van der Waals surface area contributed by atoms with E-state index in [9.17, 15) is 0 Å². The number of ether oxygens (including phenoxy) is 1. The van der Waals surface area contributed by atoms with Crippen LogP contribution in [0.1, 0.15) is 17.3 Å². The number of hydrogen-bond donors (Lipinski definition) is 0. The molecule has 31 heavy (non-hydrogen) atoms. The minimum atomic E-state index is 0.258. The summed E-state index contributed by atoms with van der Waals surface area (Å²) in [4.78, 5) is 9.91. The summed E-state index contributed by atoms with van der Waals surface area (Å²) in [7, 11) is 5.85. The molecule has 0 bridgehead atoms. The number of aryl methyl sites for hydroxylation is 1. The Morgan fingerprint density at radius 1 is 1.03 bits per heavy atom. The maximum atomic E-state index is 5.31. The lowest BCUT2D eigenvalue weighted by molar-refractivity contribution is 0.0885. The van der Waals surface area contributed by atoms with Gasteiger partial charge in [-0.3, -0.25) is 18.9 Å². The second-order valence-electron chi connectivity index (χ2n) is 8.29. The summed E-state index contributed by atoms with van der Waals surface area (Å²) in [6, 6.07) is 14.7. The largest absolute Gasteiger partial charge is 0.497 e. The molecule has 4 aromatic rings. The van der Waals surface area contributed by atoms with Gasteiger partial charge in [0.05, 0.1) is 30.7 Å². The second-order valence-corrected chi connectivity index (χ2v) is 8.29. The van der Waals surface area contributed by atoms with Crippen LogP contribution in [0.15, 0.2) is 61.1 Å². The number of rotatable bonds is 5. The third-order valence-corrected chi connectivity index (χ3v) is 6.13. The van der Waals surface area contributed by atoms with E-state index in [4.69, 9.17) is 9.72 Å². The van der Waals surface area contributed by atoms with Gasteiger partial charge in [-0.1, -0.05) is 6.07 Å². The first-order valence-corrected chi connectivity index (χ1v) is 10.6. The Hall–Kier alpha value is -3.16. The lowest BCUT2D eigenvalue weighted by Gasteiger charge is -2.38. The summed E-state index contributed by atoms with van der Waals surface area (Å²) in [5.41, 5.74) is 5.61. The lowest BCUT2D eigenvalue weighted by Crippen LogP contribution is -2.46. The molecule has 1 fully saturated rings. The Balaban J connectivity index is 1.43. The number of likely N-dealkylation sites (N-methyl/N-ethyl adjacent to an activating group) is 1. The fourth-order valence-corrected chi connectivity index (χ4v) is 4.39. The summed E-state index contributed by atoms with van der Waals surface area (Å²) in [5, 5.41) is 4.31. The predicted octanol–water partition coefficient (Wildman–Crippen LogP) is 3.23. The fourth-order valence-electron chi connectivity index (χ4n) is 4.39. The van der Waals surface area contributed by atoms with Crippen LogP contribution < -0.4 is 4.74 Å². The van der Waals surface area contributed by atoms with Crippen LogP contribution >= 0.6 is 0 Å². The predicted molar refractivity (Wildman–Crippen MR) is 121 cm³/mol. The van der Waals surface area contributed by atoms with Crippen molar-refractivity contribution < 1.29 is 4.74 Å². The summed E-state index contributed by atoms with van der Waals surface area (Å²) in [6.07, 6.45) is 6.25. The first-order valence-electron chi connectivity index (χ1n) is 10.6. The Labute approximate surface area is 182 Å². The zero-order valence-electron chi connectivity index (χ0n) is 18.3. The Morgan fingerprint density at radius 2 is 1.87 bits per heavy atom. The van der Waals surface area contributed by atoms with Gasteiger partial charge in [-0.05, 0) is 49.0 Å². The van der Waals surface area contributed by atoms with Crippen molar-refractivity contribution in [3.8, 4) is 17.0 Å². The van der Waals surface area contributed by atoms with Gasteiger partial charge in [0.15, 0.2) is 0 Å². The van der Waals surface area contributed by atoms with Crippen molar-refractivity contribution in [3.63, 3.8) is 0 Å². The fraction of sp³-hybridized carbons (Fsp3) is 0.333. The van der Waals surface area contributed by atoms with Crippen LogP contribution in [0.3, 0.4) is 0 Å². The topological polar surface area (TPSA) is 50.8 Å².